The second-order valence-electron chi connectivity index (χ2n) is 6.38. The zero-order valence-electron chi connectivity index (χ0n) is 13.8. The van der Waals surface area contributed by atoms with Crippen molar-refractivity contribution in [2.45, 2.75) is 65.0 Å². The number of imidazole rings is 1. The zero-order valence-corrected chi connectivity index (χ0v) is 13.8. The Bertz CT molecular complexity index is 401. The molecule has 4 nitrogen and oxygen atoms in total. The van der Waals surface area contributed by atoms with Crippen molar-refractivity contribution in [2.75, 3.05) is 19.6 Å². The van der Waals surface area contributed by atoms with Crippen molar-refractivity contribution in [3.63, 3.8) is 0 Å². The number of nitrogens with two attached hydrogens (primary N) is 1. The minimum absolute atomic E-state index is 0.333. The van der Waals surface area contributed by atoms with E-state index in [0.717, 1.165) is 18.9 Å². The quantitative estimate of drug-likeness (QED) is 0.839. The van der Waals surface area contributed by atoms with E-state index in [2.05, 4.69) is 28.3 Å². The molecule has 2 heterocycles. The molecule has 1 aliphatic rings. The molecular weight excluding hydrogens is 260 g/mol. The van der Waals surface area contributed by atoms with Gasteiger partial charge in [0.15, 0.2) is 0 Å². The van der Waals surface area contributed by atoms with Gasteiger partial charge < -0.3 is 10.3 Å². The van der Waals surface area contributed by atoms with Crippen LogP contribution in [-0.2, 0) is 6.54 Å². The molecule has 1 aliphatic heterocycles. The van der Waals surface area contributed by atoms with Gasteiger partial charge in [0.2, 0.25) is 0 Å². The minimum atomic E-state index is 0.333. The molecule has 2 unspecified atom stereocenters. The average Bonchev–Trinajstić information content (AvgIpc) is 2.80. The van der Waals surface area contributed by atoms with E-state index in [1.807, 2.05) is 12.5 Å². The number of nitrogens with zero attached hydrogens (tertiary/aromatic N) is 3. The number of aromatic nitrogens is 2. The molecule has 1 fully saturated rings. The number of aryl methyl sites for hydroxylation is 1. The molecule has 0 aliphatic carbocycles. The lowest BCUT2D eigenvalue weighted by atomic mass is 9.96. The van der Waals surface area contributed by atoms with Gasteiger partial charge in [-0.1, -0.05) is 26.7 Å². The summed E-state index contributed by atoms with van der Waals surface area (Å²) in [6.45, 7) is 8.60. The lowest BCUT2D eigenvalue weighted by Gasteiger charge is -2.30. The van der Waals surface area contributed by atoms with Crippen molar-refractivity contribution in [2.24, 2.45) is 11.7 Å². The summed E-state index contributed by atoms with van der Waals surface area (Å²) in [5.41, 5.74) is 7.42. The summed E-state index contributed by atoms with van der Waals surface area (Å²) in [5.74, 6) is 0.916. The fourth-order valence-corrected chi connectivity index (χ4v) is 3.69. The van der Waals surface area contributed by atoms with Gasteiger partial charge in [0.05, 0.1) is 18.1 Å². The predicted octanol–water partition coefficient (Wildman–Crippen LogP) is 3.20. The predicted molar refractivity (Wildman–Crippen MR) is 88.1 cm³/mol. The number of hydrogen-bond donors (Lipinski definition) is 1. The van der Waals surface area contributed by atoms with Crippen LogP contribution >= 0.6 is 0 Å². The second kappa shape index (κ2) is 8.54. The van der Waals surface area contributed by atoms with Crippen LogP contribution < -0.4 is 5.73 Å². The topological polar surface area (TPSA) is 47.1 Å². The van der Waals surface area contributed by atoms with Gasteiger partial charge >= 0.3 is 0 Å². The van der Waals surface area contributed by atoms with Crippen LogP contribution in [0.3, 0.4) is 0 Å². The molecular formula is C17H32N4. The molecule has 1 aromatic heterocycles. The highest BCUT2D eigenvalue weighted by molar-refractivity contribution is 5.07. The average molecular weight is 292 g/mol. The maximum absolute atomic E-state index is 6.12. The van der Waals surface area contributed by atoms with Crippen LogP contribution in [-0.4, -0.2) is 34.1 Å². The van der Waals surface area contributed by atoms with Crippen molar-refractivity contribution in [1.29, 1.82) is 0 Å². The largest absolute Gasteiger partial charge is 0.333 e. The molecule has 2 rings (SSSR count). The molecule has 0 amide bonds. The van der Waals surface area contributed by atoms with Gasteiger partial charge in [0.1, 0.15) is 0 Å². The van der Waals surface area contributed by atoms with E-state index in [4.69, 9.17) is 5.73 Å². The van der Waals surface area contributed by atoms with E-state index < -0.39 is 0 Å². The summed E-state index contributed by atoms with van der Waals surface area (Å²) in [5, 5.41) is 0. The standard InChI is InChI=1S/C17H32N4/c1-3-6-15-7-5-10-20(11-8-15)16(12-18)17-13-19-14-21(17)9-4-2/h13-16H,3-12,18H2,1-2H3. The molecule has 0 radical (unpaired) electrons. The fourth-order valence-electron chi connectivity index (χ4n) is 3.69. The van der Waals surface area contributed by atoms with Crippen LogP contribution in [0.25, 0.3) is 0 Å². The van der Waals surface area contributed by atoms with Gasteiger partial charge in [-0.25, -0.2) is 4.98 Å². The van der Waals surface area contributed by atoms with Crippen LogP contribution in [0.1, 0.15) is 64.1 Å². The first-order valence-corrected chi connectivity index (χ1v) is 8.74. The number of rotatable bonds is 7. The molecule has 1 aromatic rings. The van der Waals surface area contributed by atoms with E-state index >= 15 is 0 Å². The third kappa shape index (κ3) is 4.30. The Morgan fingerprint density at radius 3 is 2.86 bits per heavy atom. The molecule has 21 heavy (non-hydrogen) atoms. The Morgan fingerprint density at radius 1 is 1.29 bits per heavy atom. The van der Waals surface area contributed by atoms with E-state index in [1.165, 1.54) is 50.9 Å². The molecule has 4 heteroatoms. The maximum atomic E-state index is 6.12. The van der Waals surface area contributed by atoms with Gasteiger partial charge in [-0.2, -0.15) is 0 Å². The number of hydrogen-bond acceptors (Lipinski definition) is 3. The van der Waals surface area contributed by atoms with Gasteiger partial charge in [0, 0.05) is 19.3 Å². The molecule has 0 saturated carbocycles. The molecule has 0 aromatic carbocycles. The van der Waals surface area contributed by atoms with Gasteiger partial charge in [0.25, 0.3) is 0 Å². The first-order chi connectivity index (χ1) is 10.3. The Balaban J connectivity index is 2.04. The van der Waals surface area contributed by atoms with E-state index in [1.54, 1.807) is 0 Å². The summed E-state index contributed by atoms with van der Waals surface area (Å²) < 4.78 is 2.28. The van der Waals surface area contributed by atoms with Crippen molar-refractivity contribution in [3.05, 3.63) is 18.2 Å². The monoisotopic (exact) mass is 292 g/mol. The van der Waals surface area contributed by atoms with Crippen molar-refractivity contribution in [3.8, 4) is 0 Å². The van der Waals surface area contributed by atoms with Crippen molar-refractivity contribution >= 4 is 0 Å². The highest BCUT2D eigenvalue weighted by atomic mass is 15.2. The van der Waals surface area contributed by atoms with Crippen molar-refractivity contribution in [1.82, 2.24) is 14.5 Å². The summed E-state index contributed by atoms with van der Waals surface area (Å²) in [6.07, 6.45) is 11.8. The summed E-state index contributed by atoms with van der Waals surface area (Å²) >= 11 is 0. The second-order valence-corrected chi connectivity index (χ2v) is 6.38. The first kappa shape index (κ1) is 16.5. The highest BCUT2D eigenvalue weighted by Crippen LogP contribution is 2.27. The third-order valence-corrected chi connectivity index (χ3v) is 4.79. The lowest BCUT2D eigenvalue weighted by Crippen LogP contribution is -2.36. The van der Waals surface area contributed by atoms with Crippen LogP contribution in [0.2, 0.25) is 0 Å². The Labute approximate surface area is 129 Å². The van der Waals surface area contributed by atoms with Crippen molar-refractivity contribution < 1.29 is 0 Å². The molecule has 2 N–H and O–H groups in total. The van der Waals surface area contributed by atoms with Crippen LogP contribution in [0, 0.1) is 5.92 Å². The van der Waals surface area contributed by atoms with Gasteiger partial charge in [-0.15, -0.1) is 0 Å². The van der Waals surface area contributed by atoms with E-state index in [9.17, 15) is 0 Å². The molecule has 0 bridgehead atoms. The van der Waals surface area contributed by atoms with Gasteiger partial charge in [-0.05, 0) is 44.7 Å². The molecule has 120 valence electrons. The van der Waals surface area contributed by atoms with Crippen LogP contribution in [0.15, 0.2) is 12.5 Å². The fraction of sp³-hybridized carbons (Fsp3) is 0.824. The third-order valence-electron chi connectivity index (χ3n) is 4.79. The SMILES string of the molecule is CCCC1CCCN(C(CN)c2cncn2CCC)CC1. The smallest absolute Gasteiger partial charge is 0.0948 e. The lowest BCUT2D eigenvalue weighted by molar-refractivity contribution is 0.198. The van der Waals surface area contributed by atoms with Crippen LogP contribution in [0.5, 0.6) is 0 Å². The minimum Gasteiger partial charge on any atom is -0.333 e. The molecule has 0 spiro atoms. The number of likely N-dealkylation sites (tertiary alicyclic amines) is 1. The summed E-state index contributed by atoms with van der Waals surface area (Å²) in [6, 6.07) is 0.333. The molecule has 1 saturated heterocycles. The van der Waals surface area contributed by atoms with Crippen LogP contribution in [0.4, 0.5) is 0 Å². The molecule has 2 atom stereocenters. The first-order valence-electron chi connectivity index (χ1n) is 8.74. The van der Waals surface area contributed by atoms with Gasteiger partial charge in [-0.3, -0.25) is 4.90 Å². The Hall–Kier alpha value is -0.870. The maximum Gasteiger partial charge on any atom is 0.0948 e. The summed E-state index contributed by atoms with van der Waals surface area (Å²) in [4.78, 5) is 6.95. The Kier molecular flexibility index (Phi) is 6.71. The normalized spacial score (nSPS) is 22.1. The summed E-state index contributed by atoms with van der Waals surface area (Å²) in [7, 11) is 0. The Morgan fingerprint density at radius 2 is 2.14 bits per heavy atom. The zero-order chi connectivity index (χ0) is 15.1. The van der Waals surface area contributed by atoms with E-state index in [-0.39, 0.29) is 0 Å². The highest BCUT2D eigenvalue weighted by Gasteiger charge is 2.25. The van der Waals surface area contributed by atoms with E-state index in [0.29, 0.717) is 12.6 Å².